The van der Waals surface area contributed by atoms with E-state index < -0.39 is 0 Å². The molecule has 0 unspecified atom stereocenters. The van der Waals surface area contributed by atoms with Crippen LogP contribution in [0.15, 0.2) is 18.2 Å². The Morgan fingerprint density at radius 3 is 2.72 bits per heavy atom. The maximum absolute atomic E-state index is 12.6. The fourth-order valence-corrected chi connectivity index (χ4v) is 4.73. The molecule has 0 fully saturated rings. The normalized spacial score (nSPS) is 18.4. The molecule has 4 nitrogen and oxygen atoms in total. The van der Waals surface area contributed by atoms with Crippen molar-refractivity contribution in [1.29, 1.82) is 0 Å². The fraction of sp³-hybridized carbons (Fsp3) is 0.450. The van der Waals surface area contributed by atoms with Crippen molar-refractivity contribution in [2.24, 2.45) is 5.41 Å². The molecule has 0 saturated carbocycles. The minimum Gasteiger partial charge on any atom is -0.298 e. The van der Waals surface area contributed by atoms with Crippen LogP contribution >= 0.6 is 11.3 Å². The Balaban J connectivity index is 1.55. The Hall–Kier alpha value is -2.01. The van der Waals surface area contributed by atoms with E-state index in [0.29, 0.717) is 22.0 Å². The van der Waals surface area contributed by atoms with E-state index in [2.05, 4.69) is 30.2 Å². The first-order valence-corrected chi connectivity index (χ1v) is 9.69. The molecule has 0 atom stereocenters. The second kappa shape index (κ2) is 6.06. The van der Waals surface area contributed by atoms with Crippen molar-refractivity contribution < 1.29 is 9.59 Å². The van der Waals surface area contributed by atoms with Crippen LogP contribution in [-0.2, 0) is 19.3 Å². The number of aromatic nitrogens is 1. The highest BCUT2D eigenvalue weighted by Gasteiger charge is 2.34. The average Bonchev–Trinajstić information content (AvgIpc) is 2.95. The van der Waals surface area contributed by atoms with Gasteiger partial charge in [0, 0.05) is 12.0 Å². The number of nitrogens with zero attached hydrogens (tertiary/aromatic N) is 1. The van der Waals surface area contributed by atoms with E-state index in [1.54, 1.807) is 0 Å². The Kier molecular flexibility index (Phi) is 3.99. The highest BCUT2D eigenvalue weighted by atomic mass is 32.1. The molecule has 2 aliphatic carbocycles. The molecule has 0 radical (unpaired) electrons. The van der Waals surface area contributed by atoms with E-state index in [0.717, 1.165) is 25.0 Å². The third kappa shape index (κ3) is 3.25. The first kappa shape index (κ1) is 16.5. The van der Waals surface area contributed by atoms with Crippen molar-refractivity contribution in [3.63, 3.8) is 0 Å². The Morgan fingerprint density at radius 2 is 1.92 bits per heavy atom. The number of anilines is 1. The van der Waals surface area contributed by atoms with E-state index in [9.17, 15) is 9.59 Å². The standard InChI is InChI=1S/C20H22N2O2S/c1-20(2)10-15-17(16(23)11-20)25-19(21-15)22-18(24)14-8-7-12-5-3-4-6-13(12)9-14/h7-9H,3-6,10-11H2,1-2H3,(H,21,22,24). The number of benzene rings is 1. The number of nitrogens with one attached hydrogen (secondary N) is 1. The second-order valence-electron chi connectivity index (χ2n) is 7.88. The molecule has 2 aromatic rings. The topological polar surface area (TPSA) is 59.1 Å². The molecule has 1 aromatic heterocycles. The molecule has 1 aromatic carbocycles. The first-order chi connectivity index (χ1) is 11.9. The number of thiazole rings is 1. The molecule has 25 heavy (non-hydrogen) atoms. The van der Waals surface area contributed by atoms with Crippen LogP contribution < -0.4 is 5.32 Å². The zero-order chi connectivity index (χ0) is 17.6. The molecule has 0 aliphatic heterocycles. The van der Waals surface area contributed by atoms with Crippen molar-refractivity contribution >= 4 is 28.2 Å². The Bertz CT molecular complexity index is 867. The van der Waals surface area contributed by atoms with Crippen molar-refractivity contribution in [3.8, 4) is 0 Å². The lowest BCUT2D eigenvalue weighted by Crippen LogP contribution is -2.26. The molecular formula is C20H22N2O2S. The largest absolute Gasteiger partial charge is 0.298 e. The number of ketones is 1. The van der Waals surface area contributed by atoms with Gasteiger partial charge in [0.15, 0.2) is 10.9 Å². The van der Waals surface area contributed by atoms with E-state index in [1.165, 1.54) is 35.3 Å². The van der Waals surface area contributed by atoms with Gasteiger partial charge in [0.25, 0.3) is 5.91 Å². The highest BCUT2D eigenvalue weighted by molar-refractivity contribution is 7.17. The van der Waals surface area contributed by atoms with Gasteiger partial charge in [-0.1, -0.05) is 31.3 Å². The van der Waals surface area contributed by atoms with E-state index in [1.807, 2.05) is 12.1 Å². The summed E-state index contributed by atoms with van der Waals surface area (Å²) in [5.74, 6) is -0.00999. The number of hydrogen-bond donors (Lipinski definition) is 1. The molecule has 0 spiro atoms. The Morgan fingerprint density at radius 1 is 1.16 bits per heavy atom. The van der Waals surface area contributed by atoms with Gasteiger partial charge in [0.05, 0.1) is 10.6 Å². The van der Waals surface area contributed by atoms with E-state index >= 15 is 0 Å². The number of rotatable bonds is 2. The molecule has 1 heterocycles. The van der Waals surface area contributed by atoms with E-state index in [4.69, 9.17) is 0 Å². The van der Waals surface area contributed by atoms with Gasteiger partial charge in [-0.15, -0.1) is 0 Å². The summed E-state index contributed by atoms with van der Waals surface area (Å²) in [4.78, 5) is 30.1. The zero-order valence-electron chi connectivity index (χ0n) is 14.6. The van der Waals surface area contributed by atoms with E-state index in [-0.39, 0.29) is 17.1 Å². The quantitative estimate of drug-likeness (QED) is 0.868. The summed E-state index contributed by atoms with van der Waals surface area (Å²) in [7, 11) is 0. The third-order valence-corrected chi connectivity index (χ3v) is 6.12. The van der Waals surface area contributed by atoms with Crippen LogP contribution in [-0.4, -0.2) is 16.7 Å². The predicted octanol–water partition coefficient (Wildman–Crippen LogP) is 4.43. The molecule has 0 bridgehead atoms. The monoisotopic (exact) mass is 354 g/mol. The SMILES string of the molecule is CC1(C)CC(=O)c2sc(NC(=O)c3ccc4c(c3)CCCC4)nc2C1. The van der Waals surface area contributed by atoms with Crippen molar-refractivity contribution in [2.75, 3.05) is 5.32 Å². The number of fused-ring (bicyclic) bond motifs is 2. The predicted molar refractivity (Wildman–Crippen MR) is 99.6 cm³/mol. The number of Topliss-reactive ketones (excluding diaryl/α,β-unsaturated/α-hetero) is 1. The number of aryl methyl sites for hydroxylation is 2. The number of amides is 1. The van der Waals surface area contributed by atoms with Crippen LogP contribution in [0.3, 0.4) is 0 Å². The van der Waals surface area contributed by atoms with Crippen LogP contribution in [0.5, 0.6) is 0 Å². The molecule has 5 heteroatoms. The number of hydrogen-bond acceptors (Lipinski definition) is 4. The fourth-order valence-electron chi connectivity index (χ4n) is 3.82. The van der Waals surface area contributed by atoms with Gasteiger partial charge < -0.3 is 0 Å². The summed E-state index contributed by atoms with van der Waals surface area (Å²) >= 11 is 1.30. The lowest BCUT2D eigenvalue weighted by Gasteiger charge is -2.26. The zero-order valence-corrected chi connectivity index (χ0v) is 15.5. The summed E-state index contributed by atoms with van der Waals surface area (Å²) in [5.41, 5.74) is 4.08. The van der Waals surface area contributed by atoms with Gasteiger partial charge in [-0.05, 0) is 60.8 Å². The van der Waals surface area contributed by atoms with Crippen LogP contribution in [0, 0.1) is 5.41 Å². The van der Waals surface area contributed by atoms with Gasteiger partial charge >= 0.3 is 0 Å². The molecule has 130 valence electrons. The number of carbonyl (C=O) groups excluding carboxylic acids is 2. The van der Waals surface area contributed by atoms with Crippen LogP contribution in [0.4, 0.5) is 5.13 Å². The number of carbonyl (C=O) groups is 2. The van der Waals surface area contributed by atoms with Gasteiger partial charge in [-0.25, -0.2) is 4.98 Å². The maximum atomic E-state index is 12.6. The third-order valence-electron chi connectivity index (χ3n) is 5.07. The molecule has 1 amide bonds. The van der Waals surface area contributed by atoms with Gasteiger partial charge in [-0.3, -0.25) is 14.9 Å². The molecule has 1 N–H and O–H groups in total. The summed E-state index contributed by atoms with van der Waals surface area (Å²) in [6, 6.07) is 5.97. The molecule has 2 aliphatic rings. The van der Waals surface area contributed by atoms with Crippen LogP contribution in [0.2, 0.25) is 0 Å². The molecule has 0 saturated heterocycles. The summed E-state index contributed by atoms with van der Waals surface area (Å²) in [5, 5.41) is 3.41. The van der Waals surface area contributed by atoms with Crippen LogP contribution in [0.1, 0.15) is 70.0 Å². The summed E-state index contributed by atoms with van der Waals surface area (Å²) in [6.45, 7) is 4.16. The lowest BCUT2D eigenvalue weighted by molar-refractivity contribution is 0.0915. The van der Waals surface area contributed by atoms with Gasteiger partial charge in [0.2, 0.25) is 0 Å². The van der Waals surface area contributed by atoms with Crippen molar-refractivity contribution in [3.05, 3.63) is 45.5 Å². The first-order valence-electron chi connectivity index (χ1n) is 8.87. The lowest BCUT2D eigenvalue weighted by atomic mass is 9.78. The maximum Gasteiger partial charge on any atom is 0.257 e. The molecule has 4 rings (SSSR count). The average molecular weight is 354 g/mol. The summed E-state index contributed by atoms with van der Waals surface area (Å²) < 4.78 is 0. The van der Waals surface area contributed by atoms with Crippen molar-refractivity contribution in [2.45, 2.75) is 52.4 Å². The Labute approximate surface area is 151 Å². The summed E-state index contributed by atoms with van der Waals surface area (Å²) in [6.07, 6.45) is 5.89. The van der Waals surface area contributed by atoms with Crippen LogP contribution in [0.25, 0.3) is 0 Å². The van der Waals surface area contributed by atoms with Crippen molar-refractivity contribution in [1.82, 2.24) is 4.98 Å². The smallest absolute Gasteiger partial charge is 0.257 e. The minimum atomic E-state index is -0.147. The minimum absolute atomic E-state index is 0.0576. The van der Waals surface area contributed by atoms with Gasteiger partial charge in [0.1, 0.15) is 0 Å². The molecular weight excluding hydrogens is 332 g/mol. The van der Waals surface area contributed by atoms with Gasteiger partial charge in [-0.2, -0.15) is 0 Å². The second-order valence-corrected chi connectivity index (χ2v) is 8.88. The highest BCUT2D eigenvalue weighted by Crippen LogP contribution is 2.38.